The lowest BCUT2D eigenvalue weighted by molar-refractivity contribution is 0.547. The third kappa shape index (κ3) is 1.52. The molecule has 0 spiro atoms. The molecule has 0 saturated heterocycles. The first kappa shape index (κ1) is 10.1. The van der Waals surface area contributed by atoms with Gasteiger partial charge in [0.05, 0.1) is 11.2 Å². The van der Waals surface area contributed by atoms with E-state index >= 15 is 0 Å². The number of aromatic nitrogens is 3. The molecule has 2 heterocycles. The largest absolute Gasteiger partial charge is 0.262 e. The Morgan fingerprint density at radius 2 is 1.80 bits per heavy atom. The van der Waals surface area contributed by atoms with Crippen LogP contribution in [-0.2, 0) is 0 Å². The van der Waals surface area contributed by atoms with Crippen LogP contribution >= 0.6 is 0 Å². The van der Waals surface area contributed by atoms with Crippen LogP contribution < -0.4 is 0 Å². The first-order valence-corrected chi connectivity index (χ1v) is 5.33. The van der Waals surface area contributed by atoms with Crippen LogP contribution in [0.5, 0.6) is 0 Å². The lowest BCUT2D eigenvalue weighted by Crippen LogP contribution is -2.02. The molecule has 0 aliphatic heterocycles. The third-order valence-corrected chi connectivity index (χ3v) is 2.66. The standard InChI is InChI=1S/C12H17N3/c1-7(2)15-11-6-8(3)13-9(4)12(11)10(5)14-15/h6-7H,1-5H3. The monoisotopic (exact) mass is 203 g/mol. The summed E-state index contributed by atoms with van der Waals surface area (Å²) in [5.74, 6) is 0. The van der Waals surface area contributed by atoms with E-state index in [4.69, 9.17) is 0 Å². The van der Waals surface area contributed by atoms with Crippen LogP contribution in [0, 0.1) is 20.8 Å². The highest BCUT2D eigenvalue weighted by Gasteiger charge is 2.12. The molecule has 0 radical (unpaired) electrons. The second-order valence-electron chi connectivity index (χ2n) is 4.37. The van der Waals surface area contributed by atoms with E-state index in [-0.39, 0.29) is 0 Å². The number of hydrogen-bond acceptors (Lipinski definition) is 2. The molecule has 3 heteroatoms. The van der Waals surface area contributed by atoms with Crippen molar-refractivity contribution in [2.24, 2.45) is 0 Å². The Bertz CT molecular complexity index is 509. The topological polar surface area (TPSA) is 30.7 Å². The van der Waals surface area contributed by atoms with Gasteiger partial charge in [-0.15, -0.1) is 0 Å². The van der Waals surface area contributed by atoms with Crippen molar-refractivity contribution in [1.82, 2.24) is 14.8 Å². The molecule has 80 valence electrons. The van der Waals surface area contributed by atoms with E-state index in [9.17, 15) is 0 Å². The van der Waals surface area contributed by atoms with E-state index in [1.807, 2.05) is 13.8 Å². The van der Waals surface area contributed by atoms with E-state index < -0.39 is 0 Å². The summed E-state index contributed by atoms with van der Waals surface area (Å²) >= 11 is 0. The van der Waals surface area contributed by atoms with Gasteiger partial charge in [0.1, 0.15) is 0 Å². The van der Waals surface area contributed by atoms with Crippen LogP contribution in [0.2, 0.25) is 0 Å². The Labute approximate surface area is 90.1 Å². The number of hydrogen-bond donors (Lipinski definition) is 0. The molecule has 0 atom stereocenters. The van der Waals surface area contributed by atoms with Crippen molar-refractivity contribution in [2.45, 2.75) is 40.7 Å². The van der Waals surface area contributed by atoms with Gasteiger partial charge in [0, 0.05) is 22.8 Å². The van der Waals surface area contributed by atoms with E-state index in [0.29, 0.717) is 6.04 Å². The maximum absolute atomic E-state index is 4.57. The number of nitrogens with zero attached hydrogens (tertiary/aromatic N) is 3. The maximum atomic E-state index is 4.57. The summed E-state index contributed by atoms with van der Waals surface area (Å²) < 4.78 is 2.08. The molecule has 2 aromatic heterocycles. The van der Waals surface area contributed by atoms with Gasteiger partial charge in [-0.1, -0.05) is 0 Å². The van der Waals surface area contributed by atoms with E-state index in [1.54, 1.807) is 0 Å². The predicted molar refractivity (Wildman–Crippen MR) is 62.1 cm³/mol. The van der Waals surface area contributed by atoms with Crippen molar-refractivity contribution in [3.63, 3.8) is 0 Å². The molecule has 0 fully saturated rings. The first-order chi connectivity index (χ1) is 7.00. The fraction of sp³-hybridized carbons (Fsp3) is 0.500. The van der Waals surface area contributed by atoms with Gasteiger partial charge in [-0.05, 0) is 40.7 Å². The Morgan fingerprint density at radius 3 is 2.40 bits per heavy atom. The van der Waals surface area contributed by atoms with Gasteiger partial charge in [0.25, 0.3) is 0 Å². The minimum absolute atomic E-state index is 0.391. The van der Waals surface area contributed by atoms with Gasteiger partial charge in [-0.25, -0.2) is 0 Å². The number of aryl methyl sites for hydroxylation is 3. The third-order valence-electron chi connectivity index (χ3n) is 2.66. The van der Waals surface area contributed by atoms with Crippen molar-refractivity contribution >= 4 is 10.9 Å². The summed E-state index contributed by atoms with van der Waals surface area (Å²) in [7, 11) is 0. The number of rotatable bonds is 1. The molecular weight excluding hydrogens is 186 g/mol. The van der Waals surface area contributed by atoms with Crippen molar-refractivity contribution in [3.8, 4) is 0 Å². The SMILES string of the molecule is Cc1cc2c(c(C)n1)c(C)nn2C(C)C. The average molecular weight is 203 g/mol. The minimum atomic E-state index is 0.391. The van der Waals surface area contributed by atoms with Gasteiger partial charge in [0.2, 0.25) is 0 Å². The number of pyridine rings is 1. The highest BCUT2D eigenvalue weighted by Crippen LogP contribution is 2.24. The second kappa shape index (κ2) is 3.33. The van der Waals surface area contributed by atoms with Crippen molar-refractivity contribution in [3.05, 3.63) is 23.1 Å². The summed E-state index contributed by atoms with van der Waals surface area (Å²) in [6.45, 7) is 10.4. The molecule has 3 nitrogen and oxygen atoms in total. The van der Waals surface area contributed by atoms with Crippen LogP contribution in [0.4, 0.5) is 0 Å². The normalized spacial score (nSPS) is 11.6. The van der Waals surface area contributed by atoms with Gasteiger partial charge in [0.15, 0.2) is 0 Å². The molecule has 0 aliphatic carbocycles. The van der Waals surface area contributed by atoms with Crippen LogP contribution in [-0.4, -0.2) is 14.8 Å². The van der Waals surface area contributed by atoms with E-state index in [2.05, 4.69) is 41.6 Å². The zero-order chi connectivity index (χ0) is 11.2. The molecule has 0 bridgehead atoms. The van der Waals surface area contributed by atoms with Crippen molar-refractivity contribution < 1.29 is 0 Å². The van der Waals surface area contributed by atoms with Gasteiger partial charge < -0.3 is 0 Å². The fourth-order valence-electron chi connectivity index (χ4n) is 2.10. The highest BCUT2D eigenvalue weighted by molar-refractivity contribution is 5.84. The maximum Gasteiger partial charge on any atom is 0.0724 e. The molecule has 0 aliphatic rings. The lowest BCUT2D eigenvalue weighted by atomic mass is 10.2. The molecule has 15 heavy (non-hydrogen) atoms. The fourth-order valence-corrected chi connectivity index (χ4v) is 2.10. The summed E-state index contributed by atoms with van der Waals surface area (Å²) in [5, 5.41) is 5.77. The Morgan fingerprint density at radius 1 is 1.13 bits per heavy atom. The Hall–Kier alpha value is -1.38. The molecule has 2 rings (SSSR count). The summed E-state index contributed by atoms with van der Waals surface area (Å²) in [5.41, 5.74) is 4.41. The zero-order valence-electron chi connectivity index (χ0n) is 10.00. The van der Waals surface area contributed by atoms with E-state index in [1.165, 1.54) is 10.9 Å². The molecule has 0 N–H and O–H groups in total. The minimum Gasteiger partial charge on any atom is -0.262 e. The number of fused-ring (bicyclic) bond motifs is 1. The quantitative estimate of drug-likeness (QED) is 0.713. The summed E-state index contributed by atoms with van der Waals surface area (Å²) in [4.78, 5) is 4.48. The van der Waals surface area contributed by atoms with Crippen LogP contribution in [0.1, 0.15) is 37.0 Å². The smallest absolute Gasteiger partial charge is 0.0724 e. The summed E-state index contributed by atoms with van der Waals surface area (Å²) in [6, 6.07) is 2.50. The van der Waals surface area contributed by atoms with E-state index in [0.717, 1.165) is 17.1 Å². The molecular formula is C12H17N3. The molecule has 2 aromatic rings. The zero-order valence-corrected chi connectivity index (χ0v) is 10.00. The van der Waals surface area contributed by atoms with Gasteiger partial charge >= 0.3 is 0 Å². The molecule has 0 saturated carbocycles. The van der Waals surface area contributed by atoms with Gasteiger partial charge in [-0.2, -0.15) is 5.10 Å². The second-order valence-corrected chi connectivity index (χ2v) is 4.37. The van der Waals surface area contributed by atoms with Crippen LogP contribution in [0.15, 0.2) is 6.07 Å². The van der Waals surface area contributed by atoms with Crippen molar-refractivity contribution in [1.29, 1.82) is 0 Å². The first-order valence-electron chi connectivity index (χ1n) is 5.33. The van der Waals surface area contributed by atoms with Crippen LogP contribution in [0.3, 0.4) is 0 Å². The Kier molecular flexibility index (Phi) is 2.25. The molecule has 0 amide bonds. The molecule has 0 aromatic carbocycles. The summed E-state index contributed by atoms with van der Waals surface area (Å²) in [6.07, 6.45) is 0. The Balaban J connectivity index is 2.87. The predicted octanol–water partition coefficient (Wildman–Crippen LogP) is 2.94. The molecule has 0 unspecified atom stereocenters. The van der Waals surface area contributed by atoms with Crippen LogP contribution in [0.25, 0.3) is 10.9 Å². The highest BCUT2D eigenvalue weighted by atomic mass is 15.3. The van der Waals surface area contributed by atoms with Crippen molar-refractivity contribution in [2.75, 3.05) is 0 Å². The van der Waals surface area contributed by atoms with Gasteiger partial charge in [-0.3, -0.25) is 9.67 Å². The lowest BCUT2D eigenvalue weighted by Gasteiger charge is -2.07. The average Bonchev–Trinajstić information content (AvgIpc) is 2.42.